The molecule has 0 spiro atoms. The van der Waals surface area contributed by atoms with Gasteiger partial charge >= 0.3 is 6.18 Å². The van der Waals surface area contributed by atoms with E-state index in [-0.39, 0.29) is 17.3 Å². The molecule has 2 amide bonds. The first-order chi connectivity index (χ1) is 9.36. The number of carbonyl (C=O) groups excluding carboxylic acids is 2. The van der Waals surface area contributed by atoms with Crippen LogP contribution < -0.4 is 10.6 Å². The molecule has 0 bridgehead atoms. The van der Waals surface area contributed by atoms with E-state index in [4.69, 9.17) is 0 Å². The Morgan fingerprint density at radius 1 is 1.40 bits per heavy atom. The van der Waals surface area contributed by atoms with Gasteiger partial charge in [-0.3, -0.25) is 9.59 Å². The Bertz CT molecular complexity index is 534. The average molecular weight is 304 g/mol. The summed E-state index contributed by atoms with van der Waals surface area (Å²) in [6.45, 7) is 0. The van der Waals surface area contributed by atoms with Gasteiger partial charge in [0, 0.05) is 11.4 Å². The number of carbonyl (C=O) groups is 2. The predicted octanol–water partition coefficient (Wildman–Crippen LogP) is 1.88. The molecule has 2 N–H and O–H groups in total. The highest BCUT2D eigenvalue weighted by atomic mass is 32.2. The molecule has 0 saturated carbocycles. The van der Waals surface area contributed by atoms with Gasteiger partial charge in [-0.1, -0.05) is 6.07 Å². The molecule has 1 unspecified atom stereocenters. The van der Waals surface area contributed by atoms with Gasteiger partial charge in [0.2, 0.25) is 11.8 Å². The highest BCUT2D eigenvalue weighted by Crippen LogP contribution is 2.30. The number of anilines is 1. The molecule has 1 fully saturated rings. The Balaban J connectivity index is 2.06. The highest BCUT2D eigenvalue weighted by molar-refractivity contribution is 8.00. The number of thioether (sulfide) groups is 1. The number of halogens is 3. The molecule has 1 heterocycles. The first kappa shape index (κ1) is 14.7. The molecule has 1 atom stereocenters. The van der Waals surface area contributed by atoms with E-state index < -0.39 is 23.7 Å². The first-order valence-electron chi connectivity index (χ1n) is 5.71. The lowest BCUT2D eigenvalue weighted by Gasteiger charge is -2.22. The number of alkyl halides is 3. The smallest absolute Gasteiger partial charge is 0.343 e. The van der Waals surface area contributed by atoms with Crippen LogP contribution in [0, 0.1) is 0 Å². The van der Waals surface area contributed by atoms with Crippen LogP contribution in [0.2, 0.25) is 0 Å². The van der Waals surface area contributed by atoms with Crippen LogP contribution in [-0.4, -0.2) is 29.4 Å². The second-order valence-electron chi connectivity index (χ2n) is 4.20. The van der Waals surface area contributed by atoms with E-state index >= 15 is 0 Å². The van der Waals surface area contributed by atoms with Crippen LogP contribution in [-0.2, 0) is 15.8 Å². The maximum Gasteiger partial charge on any atom is 0.416 e. The maximum atomic E-state index is 12.5. The third-order valence-corrected chi connectivity index (χ3v) is 3.66. The molecule has 2 rings (SSSR count). The second kappa shape index (κ2) is 5.74. The summed E-state index contributed by atoms with van der Waals surface area (Å²) in [5.41, 5.74) is -0.785. The number of nitrogens with one attached hydrogen (secondary N) is 2. The van der Waals surface area contributed by atoms with Crippen LogP contribution in [0.1, 0.15) is 5.56 Å². The zero-order valence-corrected chi connectivity index (χ0v) is 11.0. The fraction of sp³-hybridized carbons (Fsp3) is 0.333. The van der Waals surface area contributed by atoms with Gasteiger partial charge in [-0.2, -0.15) is 13.2 Å². The van der Waals surface area contributed by atoms with Gasteiger partial charge in [0.05, 0.1) is 11.3 Å². The van der Waals surface area contributed by atoms with E-state index in [9.17, 15) is 22.8 Å². The maximum absolute atomic E-state index is 12.5. The fourth-order valence-electron chi connectivity index (χ4n) is 1.69. The molecule has 1 aliphatic heterocycles. The van der Waals surface area contributed by atoms with E-state index in [1.54, 1.807) is 0 Å². The van der Waals surface area contributed by atoms with Gasteiger partial charge < -0.3 is 10.6 Å². The summed E-state index contributed by atoms with van der Waals surface area (Å²) in [5, 5.41) is 4.86. The van der Waals surface area contributed by atoms with Crippen molar-refractivity contribution >= 4 is 29.3 Å². The number of hydrogen-bond acceptors (Lipinski definition) is 3. The van der Waals surface area contributed by atoms with Gasteiger partial charge in [0.25, 0.3) is 0 Å². The minimum Gasteiger partial charge on any atom is -0.343 e. The average Bonchev–Trinajstić information content (AvgIpc) is 2.38. The number of rotatable bonds is 2. The molecule has 1 aromatic rings. The number of benzene rings is 1. The standard InChI is InChI=1S/C12H11F3N2O2S/c13-12(14,15)7-2-1-3-8(4-7)16-11(19)9-5-20-6-10(18)17-9/h1-4,9H,5-6H2,(H,16,19)(H,17,18). The van der Waals surface area contributed by atoms with E-state index in [0.29, 0.717) is 5.75 Å². The van der Waals surface area contributed by atoms with Crippen LogP contribution in [0.5, 0.6) is 0 Å². The largest absolute Gasteiger partial charge is 0.416 e. The number of hydrogen-bond donors (Lipinski definition) is 2. The summed E-state index contributed by atoms with van der Waals surface area (Å²) in [7, 11) is 0. The van der Waals surface area contributed by atoms with Crippen molar-refractivity contribution in [2.45, 2.75) is 12.2 Å². The normalized spacial score (nSPS) is 19.4. The molecule has 1 saturated heterocycles. The number of amides is 2. The monoisotopic (exact) mass is 304 g/mol. The summed E-state index contributed by atoms with van der Waals surface area (Å²) >= 11 is 1.30. The summed E-state index contributed by atoms with van der Waals surface area (Å²) in [5.74, 6) is -0.0977. The molecule has 0 radical (unpaired) electrons. The van der Waals surface area contributed by atoms with Gasteiger partial charge in [0.15, 0.2) is 0 Å². The van der Waals surface area contributed by atoms with Crippen molar-refractivity contribution in [3.8, 4) is 0 Å². The van der Waals surface area contributed by atoms with E-state index in [0.717, 1.165) is 12.1 Å². The van der Waals surface area contributed by atoms with Crippen LogP contribution in [0.4, 0.5) is 18.9 Å². The zero-order chi connectivity index (χ0) is 14.8. The third-order valence-electron chi connectivity index (χ3n) is 2.63. The second-order valence-corrected chi connectivity index (χ2v) is 5.23. The topological polar surface area (TPSA) is 58.2 Å². The molecule has 1 aromatic carbocycles. The van der Waals surface area contributed by atoms with Crippen molar-refractivity contribution in [2.24, 2.45) is 0 Å². The predicted molar refractivity (Wildman–Crippen MR) is 69.3 cm³/mol. The molecule has 4 nitrogen and oxygen atoms in total. The molecule has 108 valence electrons. The summed E-state index contributed by atoms with van der Waals surface area (Å²) < 4.78 is 37.6. The van der Waals surface area contributed by atoms with E-state index in [1.807, 2.05) is 0 Å². The van der Waals surface area contributed by atoms with Crippen LogP contribution in [0.15, 0.2) is 24.3 Å². The molecule has 1 aliphatic rings. The summed E-state index contributed by atoms with van der Waals surface area (Å²) in [6, 6.07) is 3.64. The lowest BCUT2D eigenvalue weighted by atomic mass is 10.2. The molecular weight excluding hydrogens is 293 g/mol. The van der Waals surface area contributed by atoms with Crippen LogP contribution in [0.3, 0.4) is 0 Å². The molecule has 8 heteroatoms. The van der Waals surface area contributed by atoms with Crippen molar-refractivity contribution in [2.75, 3.05) is 16.8 Å². The van der Waals surface area contributed by atoms with Crippen molar-refractivity contribution in [3.63, 3.8) is 0 Å². The minimum absolute atomic E-state index is 0.0506. The summed E-state index contributed by atoms with van der Waals surface area (Å²) in [4.78, 5) is 23.0. The van der Waals surface area contributed by atoms with E-state index in [2.05, 4.69) is 10.6 Å². The summed E-state index contributed by atoms with van der Waals surface area (Å²) in [6.07, 6.45) is -4.46. The van der Waals surface area contributed by atoms with Gasteiger partial charge in [-0.05, 0) is 18.2 Å². The molecule has 0 aromatic heterocycles. The van der Waals surface area contributed by atoms with Gasteiger partial charge in [-0.25, -0.2) is 0 Å². The first-order valence-corrected chi connectivity index (χ1v) is 6.87. The highest BCUT2D eigenvalue weighted by Gasteiger charge is 2.31. The van der Waals surface area contributed by atoms with Gasteiger partial charge in [-0.15, -0.1) is 11.8 Å². The SMILES string of the molecule is O=C1CSCC(C(=O)Nc2cccc(C(F)(F)F)c2)N1. The van der Waals surface area contributed by atoms with Crippen molar-refractivity contribution in [1.29, 1.82) is 0 Å². The Kier molecular flexibility index (Phi) is 4.22. The van der Waals surface area contributed by atoms with Crippen LogP contribution in [0.25, 0.3) is 0 Å². The quantitative estimate of drug-likeness (QED) is 0.877. The van der Waals surface area contributed by atoms with E-state index in [1.165, 1.54) is 23.9 Å². The minimum atomic E-state index is -4.46. The van der Waals surface area contributed by atoms with Crippen molar-refractivity contribution in [3.05, 3.63) is 29.8 Å². The van der Waals surface area contributed by atoms with Crippen molar-refractivity contribution in [1.82, 2.24) is 5.32 Å². The molecule has 20 heavy (non-hydrogen) atoms. The lowest BCUT2D eigenvalue weighted by molar-refractivity contribution is -0.137. The van der Waals surface area contributed by atoms with Crippen molar-refractivity contribution < 1.29 is 22.8 Å². The fourth-order valence-corrected chi connectivity index (χ4v) is 2.55. The third kappa shape index (κ3) is 3.66. The Morgan fingerprint density at radius 2 is 2.15 bits per heavy atom. The molecule has 0 aliphatic carbocycles. The molecular formula is C12H11F3N2O2S. The zero-order valence-electron chi connectivity index (χ0n) is 10.2. The lowest BCUT2D eigenvalue weighted by Crippen LogP contribution is -2.49. The Morgan fingerprint density at radius 3 is 2.80 bits per heavy atom. The van der Waals surface area contributed by atoms with Gasteiger partial charge in [0.1, 0.15) is 6.04 Å². The Hall–Kier alpha value is -1.70. The Labute approximate surface area is 117 Å². The van der Waals surface area contributed by atoms with Crippen LogP contribution >= 0.6 is 11.8 Å².